The molecule has 144 valence electrons. The van der Waals surface area contributed by atoms with E-state index in [4.69, 9.17) is 4.74 Å². The second-order valence-electron chi connectivity index (χ2n) is 7.17. The van der Waals surface area contributed by atoms with E-state index in [0.717, 1.165) is 31.6 Å². The molecule has 2 fully saturated rings. The Kier molecular flexibility index (Phi) is 5.09. The number of nitrogens with one attached hydrogen (secondary N) is 2. The van der Waals surface area contributed by atoms with E-state index >= 15 is 0 Å². The molecule has 4 heterocycles. The lowest BCUT2D eigenvalue weighted by Crippen LogP contribution is -2.48. The minimum Gasteiger partial charge on any atom is -0.381 e. The first kappa shape index (κ1) is 17.9. The average Bonchev–Trinajstić information content (AvgIpc) is 3.32. The van der Waals surface area contributed by atoms with Gasteiger partial charge in [0.05, 0.1) is 23.3 Å². The van der Waals surface area contributed by atoms with Crippen LogP contribution in [0.5, 0.6) is 0 Å². The van der Waals surface area contributed by atoms with Gasteiger partial charge in [-0.2, -0.15) is 5.10 Å². The van der Waals surface area contributed by atoms with E-state index in [1.54, 1.807) is 17.8 Å². The zero-order valence-corrected chi connectivity index (χ0v) is 15.4. The van der Waals surface area contributed by atoms with E-state index in [9.17, 15) is 9.59 Å². The van der Waals surface area contributed by atoms with Gasteiger partial charge in [0.2, 0.25) is 5.91 Å². The molecule has 0 radical (unpaired) electrons. The topological polar surface area (TPSA) is 88.0 Å². The summed E-state index contributed by atoms with van der Waals surface area (Å²) in [5.74, 6) is -0.139. The van der Waals surface area contributed by atoms with Crippen molar-refractivity contribution in [3.05, 3.63) is 36.2 Å². The van der Waals surface area contributed by atoms with E-state index < -0.39 is 0 Å². The number of rotatable bonds is 4. The number of pyridine rings is 1. The number of hydrogen-bond donors (Lipinski definition) is 2. The van der Waals surface area contributed by atoms with Gasteiger partial charge in [-0.15, -0.1) is 0 Å². The van der Waals surface area contributed by atoms with Crippen LogP contribution in [0.3, 0.4) is 0 Å². The average molecular weight is 371 g/mol. The van der Waals surface area contributed by atoms with Crippen molar-refractivity contribution in [1.29, 1.82) is 0 Å². The van der Waals surface area contributed by atoms with Crippen LogP contribution in [0.2, 0.25) is 0 Å². The first-order chi connectivity index (χ1) is 13.2. The van der Waals surface area contributed by atoms with Crippen molar-refractivity contribution >= 4 is 17.3 Å². The Hall–Kier alpha value is -2.45. The maximum atomic E-state index is 12.8. The van der Waals surface area contributed by atoms with E-state index in [1.807, 2.05) is 24.4 Å². The zero-order valence-electron chi connectivity index (χ0n) is 15.4. The Morgan fingerprint density at radius 3 is 2.85 bits per heavy atom. The number of likely N-dealkylation sites (N-methyl/N-ethyl adjacent to an activating group) is 1. The molecule has 8 nitrogen and oxygen atoms in total. The number of carbonyl (C=O) groups is 2. The maximum absolute atomic E-state index is 12.8. The van der Waals surface area contributed by atoms with Crippen LogP contribution in [-0.2, 0) is 9.53 Å². The molecule has 2 atom stereocenters. The van der Waals surface area contributed by atoms with Gasteiger partial charge in [0.1, 0.15) is 0 Å². The summed E-state index contributed by atoms with van der Waals surface area (Å²) in [5, 5.41) is 10.1. The Balaban J connectivity index is 1.48. The molecular formula is C19H25N5O3. The number of aromatic nitrogens is 2. The molecule has 2 aliphatic rings. The SMILES string of the molecule is CNC(=O)C1CC(NC(=O)c2cnn3ccccc23)CN1C1CCOCC1. The molecule has 2 saturated heterocycles. The molecule has 2 aliphatic heterocycles. The van der Waals surface area contributed by atoms with E-state index in [1.165, 1.54) is 0 Å². The number of amides is 2. The fourth-order valence-electron chi connectivity index (χ4n) is 4.18. The number of carbonyl (C=O) groups excluding carboxylic acids is 2. The van der Waals surface area contributed by atoms with Crippen LogP contribution in [0.25, 0.3) is 5.52 Å². The van der Waals surface area contributed by atoms with Gasteiger partial charge < -0.3 is 15.4 Å². The van der Waals surface area contributed by atoms with Gasteiger partial charge >= 0.3 is 0 Å². The molecule has 2 unspecified atom stereocenters. The third-order valence-electron chi connectivity index (χ3n) is 5.55. The van der Waals surface area contributed by atoms with Crippen LogP contribution in [0.4, 0.5) is 0 Å². The first-order valence-corrected chi connectivity index (χ1v) is 9.45. The molecule has 0 spiro atoms. The molecule has 8 heteroatoms. The largest absolute Gasteiger partial charge is 0.381 e. The molecule has 0 bridgehead atoms. The molecule has 0 saturated carbocycles. The van der Waals surface area contributed by atoms with Gasteiger partial charge in [0, 0.05) is 45.1 Å². The van der Waals surface area contributed by atoms with Crippen LogP contribution in [0.1, 0.15) is 29.6 Å². The van der Waals surface area contributed by atoms with E-state index in [2.05, 4.69) is 20.6 Å². The van der Waals surface area contributed by atoms with Crippen molar-refractivity contribution in [2.24, 2.45) is 0 Å². The highest BCUT2D eigenvalue weighted by molar-refractivity contribution is 6.00. The third-order valence-corrected chi connectivity index (χ3v) is 5.55. The number of hydrogen-bond acceptors (Lipinski definition) is 5. The number of nitrogens with zero attached hydrogens (tertiary/aromatic N) is 3. The fraction of sp³-hybridized carbons (Fsp3) is 0.526. The minimum atomic E-state index is -0.215. The van der Waals surface area contributed by atoms with Crippen LogP contribution < -0.4 is 10.6 Å². The van der Waals surface area contributed by atoms with Crippen molar-refractivity contribution in [3.8, 4) is 0 Å². The summed E-state index contributed by atoms with van der Waals surface area (Å²) in [6.45, 7) is 2.12. The van der Waals surface area contributed by atoms with Crippen molar-refractivity contribution < 1.29 is 14.3 Å². The van der Waals surface area contributed by atoms with Crippen LogP contribution in [-0.4, -0.2) is 71.3 Å². The Labute approximate surface area is 157 Å². The summed E-state index contributed by atoms with van der Waals surface area (Å²) in [7, 11) is 1.66. The monoisotopic (exact) mass is 371 g/mol. The minimum absolute atomic E-state index is 0.00854. The number of likely N-dealkylation sites (tertiary alicyclic amines) is 1. The highest BCUT2D eigenvalue weighted by Crippen LogP contribution is 2.26. The molecule has 2 amide bonds. The molecule has 2 aromatic heterocycles. The first-order valence-electron chi connectivity index (χ1n) is 9.45. The summed E-state index contributed by atoms with van der Waals surface area (Å²) in [5.41, 5.74) is 1.33. The molecule has 4 rings (SSSR count). The standard InChI is InChI=1S/C19H25N5O3/c1-20-19(26)17-10-13(12-23(17)14-5-8-27-9-6-14)22-18(25)15-11-21-24-7-3-2-4-16(15)24/h2-4,7,11,13-14,17H,5-6,8-10,12H2,1H3,(H,20,26)(H,22,25). The van der Waals surface area contributed by atoms with Crippen molar-refractivity contribution in [2.75, 3.05) is 26.8 Å². The normalized spacial score (nSPS) is 24.2. The predicted molar refractivity (Wildman–Crippen MR) is 99.5 cm³/mol. The molecule has 2 aromatic rings. The van der Waals surface area contributed by atoms with Crippen molar-refractivity contribution in [3.63, 3.8) is 0 Å². The van der Waals surface area contributed by atoms with E-state index in [0.29, 0.717) is 24.6 Å². The fourth-order valence-corrected chi connectivity index (χ4v) is 4.18. The summed E-state index contributed by atoms with van der Waals surface area (Å²) in [6.07, 6.45) is 5.86. The summed E-state index contributed by atoms with van der Waals surface area (Å²) < 4.78 is 7.14. The summed E-state index contributed by atoms with van der Waals surface area (Å²) >= 11 is 0. The van der Waals surface area contributed by atoms with Crippen LogP contribution >= 0.6 is 0 Å². The Bertz CT molecular complexity index is 830. The number of ether oxygens (including phenoxy) is 1. The van der Waals surface area contributed by atoms with Gasteiger partial charge in [0.25, 0.3) is 5.91 Å². The highest BCUT2D eigenvalue weighted by Gasteiger charge is 2.41. The van der Waals surface area contributed by atoms with Crippen molar-refractivity contribution in [2.45, 2.75) is 37.4 Å². The molecule has 0 aromatic carbocycles. The Morgan fingerprint density at radius 2 is 2.07 bits per heavy atom. The summed E-state index contributed by atoms with van der Waals surface area (Å²) in [6, 6.07) is 5.67. The number of fused-ring (bicyclic) bond motifs is 1. The van der Waals surface area contributed by atoms with Crippen LogP contribution in [0, 0.1) is 0 Å². The summed E-state index contributed by atoms with van der Waals surface area (Å²) in [4.78, 5) is 27.4. The Morgan fingerprint density at radius 1 is 1.26 bits per heavy atom. The second kappa shape index (κ2) is 7.66. The lowest BCUT2D eigenvalue weighted by molar-refractivity contribution is -0.126. The molecular weight excluding hydrogens is 346 g/mol. The third kappa shape index (κ3) is 3.54. The van der Waals surface area contributed by atoms with Gasteiger partial charge in [-0.05, 0) is 31.4 Å². The van der Waals surface area contributed by atoms with E-state index in [-0.39, 0.29) is 23.9 Å². The smallest absolute Gasteiger partial charge is 0.255 e. The lowest BCUT2D eigenvalue weighted by Gasteiger charge is -2.34. The van der Waals surface area contributed by atoms with Gasteiger partial charge in [-0.25, -0.2) is 4.52 Å². The van der Waals surface area contributed by atoms with Crippen LogP contribution in [0.15, 0.2) is 30.6 Å². The quantitative estimate of drug-likeness (QED) is 0.814. The molecule has 0 aliphatic carbocycles. The second-order valence-corrected chi connectivity index (χ2v) is 7.17. The highest BCUT2D eigenvalue weighted by atomic mass is 16.5. The van der Waals surface area contributed by atoms with Crippen molar-refractivity contribution in [1.82, 2.24) is 25.1 Å². The maximum Gasteiger partial charge on any atom is 0.255 e. The van der Waals surface area contributed by atoms with Gasteiger partial charge in [-0.3, -0.25) is 14.5 Å². The predicted octanol–water partition coefficient (Wildman–Crippen LogP) is 0.432. The molecule has 2 N–H and O–H groups in total. The lowest BCUT2D eigenvalue weighted by atomic mass is 10.1. The molecule has 27 heavy (non-hydrogen) atoms. The zero-order chi connectivity index (χ0) is 18.8. The van der Waals surface area contributed by atoms with Gasteiger partial charge in [-0.1, -0.05) is 6.07 Å². The van der Waals surface area contributed by atoms with Gasteiger partial charge in [0.15, 0.2) is 0 Å².